The first-order chi connectivity index (χ1) is 13.5. The number of rotatable bonds is 4. The van der Waals surface area contributed by atoms with Gasteiger partial charge in [0, 0.05) is 0 Å². The van der Waals surface area contributed by atoms with Gasteiger partial charge in [0.2, 0.25) is 0 Å². The van der Waals surface area contributed by atoms with Gasteiger partial charge in [-0.25, -0.2) is 14.0 Å². The van der Waals surface area contributed by atoms with E-state index in [-0.39, 0.29) is 33.9 Å². The van der Waals surface area contributed by atoms with Crippen LogP contribution in [-0.2, 0) is 0 Å². The van der Waals surface area contributed by atoms with E-state index in [1.807, 2.05) is 0 Å². The molecule has 0 aliphatic rings. The van der Waals surface area contributed by atoms with Crippen molar-refractivity contribution in [3.8, 4) is 23.3 Å². The molecule has 7 heteroatoms. The van der Waals surface area contributed by atoms with E-state index in [9.17, 15) is 19.1 Å². The molecule has 0 unspecified atom stereocenters. The topological polar surface area (TPSA) is 96.6 Å². The Morgan fingerprint density at radius 1 is 0.857 bits per heavy atom. The number of carbonyl (C=O) groups excluding carboxylic acids is 2. The second-order valence-corrected chi connectivity index (χ2v) is 5.61. The molecule has 6 nitrogen and oxygen atoms in total. The number of hydrogen-bond donors (Lipinski definition) is 1. The number of esters is 2. The van der Waals surface area contributed by atoms with Crippen LogP contribution in [0.5, 0.6) is 17.2 Å². The average Bonchev–Trinajstić information content (AvgIpc) is 2.70. The molecular formula is C21H12FNO5. The van der Waals surface area contributed by atoms with E-state index in [2.05, 4.69) is 0 Å². The number of phenolic OH excluding ortho intramolecular Hbond substituents is 1. The van der Waals surface area contributed by atoms with Gasteiger partial charge in [0.05, 0.1) is 22.8 Å². The summed E-state index contributed by atoms with van der Waals surface area (Å²) in [4.78, 5) is 24.1. The molecule has 0 fully saturated rings. The summed E-state index contributed by atoms with van der Waals surface area (Å²) in [5.74, 6) is -2.34. The maximum Gasteiger partial charge on any atom is 0.343 e. The molecule has 0 bridgehead atoms. The van der Waals surface area contributed by atoms with E-state index in [4.69, 9.17) is 14.7 Å². The fourth-order valence-electron chi connectivity index (χ4n) is 2.23. The van der Waals surface area contributed by atoms with Gasteiger partial charge in [0.25, 0.3) is 0 Å². The van der Waals surface area contributed by atoms with Crippen LogP contribution >= 0.6 is 0 Å². The molecule has 0 aliphatic carbocycles. The number of nitrogens with zero attached hydrogens (tertiary/aromatic N) is 1. The molecule has 0 heterocycles. The number of hydrogen-bond acceptors (Lipinski definition) is 6. The SMILES string of the molecule is N#Cc1ccc(OC(=O)c2ccc(OC(=O)c3ccc(O)cc3)cc2)c(F)c1. The first-order valence-corrected chi connectivity index (χ1v) is 7.99. The van der Waals surface area contributed by atoms with Crippen LogP contribution < -0.4 is 9.47 Å². The molecular weight excluding hydrogens is 365 g/mol. The predicted octanol–water partition coefficient (Wildman–Crippen LogP) is 3.84. The van der Waals surface area contributed by atoms with Gasteiger partial charge in [0.1, 0.15) is 11.5 Å². The Morgan fingerprint density at radius 2 is 1.43 bits per heavy atom. The molecule has 0 aliphatic heterocycles. The highest BCUT2D eigenvalue weighted by Crippen LogP contribution is 2.21. The highest BCUT2D eigenvalue weighted by atomic mass is 19.1. The standard InChI is InChI=1S/C21H12FNO5/c22-18-11-13(12-23)1-10-19(18)28-21(26)15-4-8-17(9-5-15)27-20(25)14-2-6-16(24)7-3-14/h1-11,24H. The summed E-state index contributed by atoms with van der Waals surface area (Å²) in [6, 6.07) is 16.3. The second-order valence-electron chi connectivity index (χ2n) is 5.61. The first kappa shape index (κ1) is 18.6. The third-order valence-electron chi connectivity index (χ3n) is 3.67. The van der Waals surface area contributed by atoms with Crippen LogP contribution in [0.3, 0.4) is 0 Å². The molecule has 0 radical (unpaired) electrons. The van der Waals surface area contributed by atoms with E-state index in [1.54, 1.807) is 6.07 Å². The van der Waals surface area contributed by atoms with Crippen molar-refractivity contribution in [2.75, 3.05) is 0 Å². The molecule has 3 rings (SSSR count). The zero-order valence-electron chi connectivity index (χ0n) is 14.3. The van der Waals surface area contributed by atoms with Gasteiger partial charge < -0.3 is 14.6 Å². The molecule has 0 spiro atoms. The minimum absolute atomic E-state index is 0.0260. The molecule has 3 aromatic carbocycles. The quantitative estimate of drug-likeness (QED) is 0.548. The van der Waals surface area contributed by atoms with E-state index in [1.165, 1.54) is 60.7 Å². The summed E-state index contributed by atoms with van der Waals surface area (Å²) in [6.45, 7) is 0. The number of aromatic hydroxyl groups is 1. The van der Waals surface area contributed by atoms with E-state index >= 15 is 0 Å². The van der Waals surface area contributed by atoms with Crippen molar-refractivity contribution in [3.05, 3.63) is 89.2 Å². The fraction of sp³-hybridized carbons (Fsp3) is 0. The lowest BCUT2D eigenvalue weighted by atomic mass is 10.2. The third kappa shape index (κ3) is 4.31. The van der Waals surface area contributed by atoms with Gasteiger partial charge >= 0.3 is 11.9 Å². The summed E-state index contributed by atoms with van der Waals surface area (Å²) < 4.78 is 24.0. The smallest absolute Gasteiger partial charge is 0.343 e. The van der Waals surface area contributed by atoms with Gasteiger partial charge in [-0.2, -0.15) is 5.26 Å². The molecule has 0 amide bonds. The zero-order chi connectivity index (χ0) is 20.1. The number of phenols is 1. The molecule has 1 N–H and O–H groups in total. The van der Waals surface area contributed by atoms with Crippen molar-refractivity contribution >= 4 is 11.9 Å². The minimum Gasteiger partial charge on any atom is -0.508 e. The number of nitriles is 1. The normalized spacial score (nSPS) is 10.0. The largest absolute Gasteiger partial charge is 0.508 e. The summed E-state index contributed by atoms with van der Waals surface area (Å²) in [5, 5.41) is 17.9. The molecule has 0 saturated carbocycles. The lowest BCUT2D eigenvalue weighted by Crippen LogP contribution is -2.11. The molecule has 28 heavy (non-hydrogen) atoms. The zero-order valence-corrected chi connectivity index (χ0v) is 14.3. The number of benzene rings is 3. The van der Waals surface area contributed by atoms with E-state index in [0.717, 1.165) is 6.07 Å². The van der Waals surface area contributed by atoms with Crippen LogP contribution in [-0.4, -0.2) is 17.0 Å². The van der Waals surface area contributed by atoms with Crippen molar-refractivity contribution < 1.29 is 28.6 Å². The fourth-order valence-corrected chi connectivity index (χ4v) is 2.23. The Labute approximate surface area is 159 Å². The highest BCUT2D eigenvalue weighted by Gasteiger charge is 2.14. The number of halogens is 1. The maximum absolute atomic E-state index is 13.8. The maximum atomic E-state index is 13.8. The monoisotopic (exact) mass is 377 g/mol. The summed E-state index contributed by atoms with van der Waals surface area (Å²) in [7, 11) is 0. The molecule has 0 aromatic heterocycles. The van der Waals surface area contributed by atoms with Crippen LogP contribution in [0.25, 0.3) is 0 Å². The number of ether oxygens (including phenoxy) is 2. The van der Waals surface area contributed by atoms with Crippen molar-refractivity contribution in [2.24, 2.45) is 0 Å². The highest BCUT2D eigenvalue weighted by molar-refractivity contribution is 5.92. The summed E-state index contributed by atoms with van der Waals surface area (Å²) in [5.41, 5.74) is 0.475. The van der Waals surface area contributed by atoms with Gasteiger partial charge in [-0.05, 0) is 66.7 Å². The van der Waals surface area contributed by atoms with Crippen molar-refractivity contribution in [3.63, 3.8) is 0 Å². The van der Waals surface area contributed by atoms with E-state index < -0.39 is 17.8 Å². The van der Waals surface area contributed by atoms with Crippen LogP contribution in [0.1, 0.15) is 26.3 Å². The Kier molecular flexibility index (Phi) is 5.33. The predicted molar refractivity (Wildman–Crippen MR) is 95.6 cm³/mol. The first-order valence-electron chi connectivity index (χ1n) is 7.99. The summed E-state index contributed by atoms with van der Waals surface area (Å²) >= 11 is 0. The lowest BCUT2D eigenvalue weighted by Gasteiger charge is -2.07. The Balaban J connectivity index is 1.66. The lowest BCUT2D eigenvalue weighted by molar-refractivity contribution is 0.0726. The van der Waals surface area contributed by atoms with Crippen LogP contribution in [0.15, 0.2) is 66.7 Å². The molecule has 138 valence electrons. The van der Waals surface area contributed by atoms with Gasteiger partial charge in [-0.1, -0.05) is 0 Å². The van der Waals surface area contributed by atoms with Crippen molar-refractivity contribution in [1.82, 2.24) is 0 Å². The summed E-state index contributed by atoms with van der Waals surface area (Å²) in [6.07, 6.45) is 0. The Morgan fingerprint density at radius 3 is 2.00 bits per heavy atom. The van der Waals surface area contributed by atoms with Gasteiger partial charge in [0.15, 0.2) is 11.6 Å². The van der Waals surface area contributed by atoms with Gasteiger partial charge in [-0.15, -0.1) is 0 Å². The van der Waals surface area contributed by atoms with Crippen LogP contribution in [0.4, 0.5) is 4.39 Å². The average molecular weight is 377 g/mol. The minimum atomic E-state index is -0.827. The van der Waals surface area contributed by atoms with Gasteiger partial charge in [-0.3, -0.25) is 0 Å². The van der Waals surface area contributed by atoms with Crippen LogP contribution in [0, 0.1) is 17.1 Å². The Hall–Kier alpha value is -4.18. The van der Waals surface area contributed by atoms with E-state index in [0.29, 0.717) is 0 Å². The molecule has 3 aromatic rings. The van der Waals surface area contributed by atoms with Crippen LogP contribution in [0.2, 0.25) is 0 Å². The van der Waals surface area contributed by atoms with Crippen molar-refractivity contribution in [2.45, 2.75) is 0 Å². The third-order valence-corrected chi connectivity index (χ3v) is 3.67. The second kappa shape index (κ2) is 8.01. The van der Waals surface area contributed by atoms with Crippen molar-refractivity contribution in [1.29, 1.82) is 5.26 Å². The molecule has 0 atom stereocenters. The number of carbonyl (C=O) groups is 2. The molecule has 0 saturated heterocycles. The Bertz CT molecular complexity index is 1070.